The molecule has 0 aliphatic carbocycles. The molecule has 0 unspecified atom stereocenters. The van der Waals surface area contributed by atoms with Crippen molar-refractivity contribution in [1.29, 1.82) is 0 Å². The Morgan fingerprint density at radius 1 is 1.37 bits per heavy atom. The number of thiol groups is 1. The second-order valence-corrected chi connectivity index (χ2v) is 5.97. The van der Waals surface area contributed by atoms with E-state index < -0.39 is 12.6 Å². The first kappa shape index (κ1) is 18.8. The number of thioether (sulfide) groups is 1. The second kappa shape index (κ2) is 8.84. The number of allylic oxidation sites excluding steroid dienone is 3. The van der Waals surface area contributed by atoms with Crippen molar-refractivity contribution in [2.24, 2.45) is 5.92 Å². The average molecular weight is 314 g/mol. The zero-order valence-corrected chi connectivity index (χ0v) is 13.4. The first-order valence-corrected chi connectivity index (χ1v) is 7.69. The van der Waals surface area contributed by atoms with Gasteiger partial charge in [-0.05, 0) is 36.5 Å². The Hall–Kier alpha value is -0.230. The van der Waals surface area contributed by atoms with Gasteiger partial charge in [0.05, 0.1) is 6.61 Å². The third-order valence-corrected chi connectivity index (χ3v) is 3.58. The molecule has 0 N–H and O–H groups in total. The van der Waals surface area contributed by atoms with Gasteiger partial charge in [0, 0.05) is 11.3 Å². The topological polar surface area (TPSA) is 9.23 Å². The van der Waals surface area contributed by atoms with E-state index in [2.05, 4.69) is 26.5 Å². The molecule has 0 saturated heterocycles. The van der Waals surface area contributed by atoms with Crippen LogP contribution in [-0.4, -0.2) is 19.0 Å². The highest BCUT2D eigenvalue weighted by Gasteiger charge is 2.26. The van der Waals surface area contributed by atoms with E-state index in [1.165, 1.54) is 0 Å². The predicted octanol–water partition coefficient (Wildman–Crippen LogP) is 5.41. The van der Waals surface area contributed by atoms with Gasteiger partial charge in [-0.15, -0.1) is 24.4 Å². The average Bonchev–Trinajstić information content (AvgIpc) is 2.25. The van der Waals surface area contributed by atoms with Crippen LogP contribution in [0.25, 0.3) is 0 Å². The Bertz CT molecular complexity index is 329. The van der Waals surface area contributed by atoms with Gasteiger partial charge in [-0.3, -0.25) is 0 Å². The van der Waals surface area contributed by atoms with Crippen LogP contribution in [0.3, 0.4) is 0 Å². The molecule has 0 atom stereocenters. The lowest BCUT2D eigenvalue weighted by Gasteiger charge is -2.13. The van der Waals surface area contributed by atoms with Gasteiger partial charge in [-0.2, -0.15) is 13.2 Å². The Morgan fingerprint density at radius 2 is 1.95 bits per heavy atom. The van der Waals surface area contributed by atoms with Crippen LogP contribution in [0.5, 0.6) is 0 Å². The number of hydrogen-bond donors (Lipinski definition) is 1. The second-order valence-electron chi connectivity index (χ2n) is 4.42. The summed E-state index contributed by atoms with van der Waals surface area (Å²) in [6, 6.07) is 0. The lowest BCUT2D eigenvalue weighted by molar-refractivity contribution is -0.137. The van der Waals surface area contributed by atoms with Crippen LogP contribution < -0.4 is 0 Å². The molecule has 19 heavy (non-hydrogen) atoms. The molecule has 0 fully saturated rings. The minimum atomic E-state index is -4.12. The van der Waals surface area contributed by atoms with E-state index in [1.54, 1.807) is 18.7 Å². The van der Waals surface area contributed by atoms with Crippen LogP contribution in [0.2, 0.25) is 0 Å². The van der Waals surface area contributed by atoms with E-state index in [4.69, 9.17) is 4.74 Å². The van der Waals surface area contributed by atoms with Crippen molar-refractivity contribution >= 4 is 24.4 Å². The van der Waals surface area contributed by atoms with Crippen molar-refractivity contribution in [2.75, 3.05) is 12.9 Å². The van der Waals surface area contributed by atoms with Gasteiger partial charge >= 0.3 is 6.18 Å². The van der Waals surface area contributed by atoms with Gasteiger partial charge in [0.25, 0.3) is 0 Å². The molecule has 0 spiro atoms. The Kier molecular flexibility index (Phi) is 8.74. The van der Waals surface area contributed by atoms with Crippen LogP contribution in [0.15, 0.2) is 21.6 Å². The third-order valence-electron chi connectivity index (χ3n) is 2.30. The van der Waals surface area contributed by atoms with Gasteiger partial charge in [-0.1, -0.05) is 13.8 Å². The van der Waals surface area contributed by atoms with Crippen LogP contribution in [0.4, 0.5) is 13.2 Å². The highest BCUT2D eigenvalue weighted by molar-refractivity contribution is 8.02. The summed E-state index contributed by atoms with van der Waals surface area (Å²) in [5.74, 6) is 0.889. The van der Waals surface area contributed by atoms with Crippen LogP contribution >= 0.6 is 24.4 Å². The van der Waals surface area contributed by atoms with Crippen LogP contribution in [0, 0.1) is 5.92 Å². The summed E-state index contributed by atoms with van der Waals surface area (Å²) in [4.78, 5) is 1.78. The molecule has 1 nitrogen and oxygen atoms in total. The van der Waals surface area contributed by atoms with E-state index in [0.717, 1.165) is 4.91 Å². The van der Waals surface area contributed by atoms with Gasteiger partial charge in [0.2, 0.25) is 0 Å². The zero-order valence-electron chi connectivity index (χ0n) is 11.7. The minimum absolute atomic E-state index is 0.0435. The molecule has 0 aromatic heterocycles. The number of hydrogen-bond acceptors (Lipinski definition) is 3. The highest BCUT2D eigenvalue weighted by atomic mass is 32.2. The number of ether oxygens (including phenoxy) is 1. The molecule has 0 radical (unpaired) electrons. The molecular formula is C13H21F3OS2. The van der Waals surface area contributed by atoms with E-state index in [-0.39, 0.29) is 13.0 Å². The summed E-state index contributed by atoms with van der Waals surface area (Å²) in [5, 5.41) is 0. The van der Waals surface area contributed by atoms with Crippen LogP contribution in [-0.2, 0) is 4.74 Å². The lowest BCUT2D eigenvalue weighted by Crippen LogP contribution is -2.08. The van der Waals surface area contributed by atoms with Crippen molar-refractivity contribution in [3.8, 4) is 0 Å². The summed E-state index contributed by atoms with van der Waals surface area (Å²) in [7, 11) is 0. The maximum absolute atomic E-state index is 12.0. The van der Waals surface area contributed by atoms with Crippen molar-refractivity contribution in [3.63, 3.8) is 0 Å². The summed E-state index contributed by atoms with van der Waals surface area (Å²) < 4.78 is 41.4. The Labute approximate surface area is 123 Å². The number of halogens is 3. The predicted molar refractivity (Wildman–Crippen MR) is 79.4 cm³/mol. The fourth-order valence-electron chi connectivity index (χ4n) is 1.30. The molecule has 0 amide bonds. The van der Waals surface area contributed by atoms with E-state index in [1.807, 2.05) is 12.3 Å². The maximum atomic E-state index is 12.0. The van der Waals surface area contributed by atoms with Crippen molar-refractivity contribution in [1.82, 2.24) is 0 Å². The van der Waals surface area contributed by atoms with Crippen molar-refractivity contribution < 1.29 is 17.9 Å². The molecule has 0 aliphatic heterocycles. The zero-order chi connectivity index (χ0) is 15.1. The van der Waals surface area contributed by atoms with Crippen molar-refractivity contribution in [2.45, 2.75) is 39.8 Å². The van der Waals surface area contributed by atoms with Crippen LogP contribution in [0.1, 0.15) is 33.6 Å². The summed E-state index contributed by atoms with van der Waals surface area (Å²) in [6.45, 7) is 5.91. The third kappa shape index (κ3) is 9.32. The van der Waals surface area contributed by atoms with Gasteiger partial charge < -0.3 is 4.74 Å². The molecule has 0 saturated carbocycles. The normalized spacial score (nSPS) is 14.7. The summed E-state index contributed by atoms with van der Waals surface area (Å²) in [5.41, 5.74) is 0. The highest BCUT2D eigenvalue weighted by Crippen LogP contribution is 2.26. The summed E-state index contributed by atoms with van der Waals surface area (Å²) in [6.07, 6.45) is -1.18. The smallest absolute Gasteiger partial charge is 0.389 e. The molecule has 6 heteroatoms. The molecule has 0 aromatic carbocycles. The SMILES string of the molecule is CSC(=C/C(OCCCC(F)(F)F)=C(\C)S)C(C)C. The fraction of sp³-hybridized carbons (Fsp3) is 0.692. The first-order chi connectivity index (χ1) is 8.67. The summed E-state index contributed by atoms with van der Waals surface area (Å²) >= 11 is 5.81. The molecule has 0 heterocycles. The lowest BCUT2D eigenvalue weighted by atomic mass is 10.2. The molecule has 0 aromatic rings. The minimum Gasteiger partial charge on any atom is -0.493 e. The maximum Gasteiger partial charge on any atom is 0.389 e. The molecule has 0 aliphatic rings. The van der Waals surface area contributed by atoms with Gasteiger partial charge in [0.1, 0.15) is 5.76 Å². The molecule has 0 bridgehead atoms. The molecule has 0 rings (SSSR count). The molecular weight excluding hydrogens is 293 g/mol. The van der Waals surface area contributed by atoms with Gasteiger partial charge in [-0.25, -0.2) is 0 Å². The number of alkyl halides is 3. The quantitative estimate of drug-likeness (QED) is 0.291. The first-order valence-electron chi connectivity index (χ1n) is 6.02. The molecule has 112 valence electrons. The van der Waals surface area contributed by atoms with E-state index >= 15 is 0 Å². The van der Waals surface area contributed by atoms with Gasteiger partial charge in [0.15, 0.2) is 0 Å². The largest absolute Gasteiger partial charge is 0.493 e. The Balaban J connectivity index is 4.50. The van der Waals surface area contributed by atoms with Crippen molar-refractivity contribution in [3.05, 3.63) is 21.6 Å². The monoisotopic (exact) mass is 314 g/mol. The van der Waals surface area contributed by atoms with E-state index in [9.17, 15) is 13.2 Å². The number of rotatable bonds is 7. The Morgan fingerprint density at radius 3 is 2.32 bits per heavy atom. The fourth-order valence-corrected chi connectivity index (χ4v) is 2.12. The van der Waals surface area contributed by atoms with E-state index in [0.29, 0.717) is 16.6 Å². The standard InChI is InChI=1S/C13H21F3OS2/c1-9(2)12(19-4)8-11(10(3)18)17-7-5-6-13(14,15)16/h8-9,18H,5-7H2,1-4H3/b11-10-,12-8?.